The summed E-state index contributed by atoms with van der Waals surface area (Å²) in [6.45, 7) is 4.71. The highest BCUT2D eigenvalue weighted by atomic mass is 35.5. The number of nitrogens with zero attached hydrogens (tertiary/aromatic N) is 2. The summed E-state index contributed by atoms with van der Waals surface area (Å²) in [6.07, 6.45) is 1.31. The number of hydrogen-bond acceptors (Lipinski definition) is 5. The fourth-order valence-electron chi connectivity index (χ4n) is 3.91. The maximum absolute atomic E-state index is 13.7. The number of piperidine rings is 1. The molecule has 34 heavy (non-hydrogen) atoms. The number of halogens is 1. The van der Waals surface area contributed by atoms with E-state index >= 15 is 0 Å². The second-order valence-corrected chi connectivity index (χ2v) is 10.9. The minimum atomic E-state index is -3.89. The zero-order chi connectivity index (χ0) is 24.9. The number of benzene rings is 2. The summed E-state index contributed by atoms with van der Waals surface area (Å²) < 4.78 is 33.6. The van der Waals surface area contributed by atoms with Crippen molar-refractivity contribution >= 4 is 33.6 Å². The molecule has 2 amide bonds. The number of carbonyl (C=O) groups excluding carboxylic acids is 2. The molecule has 0 bridgehead atoms. The molecule has 1 unspecified atom stereocenters. The highest BCUT2D eigenvalue weighted by molar-refractivity contribution is 7.89. The van der Waals surface area contributed by atoms with Gasteiger partial charge in [0.05, 0.1) is 17.6 Å². The van der Waals surface area contributed by atoms with Crippen LogP contribution in [-0.2, 0) is 21.3 Å². The number of amides is 2. The fraction of sp³-hybridized carbons (Fsp3) is 0.417. The van der Waals surface area contributed by atoms with Crippen molar-refractivity contribution in [1.29, 1.82) is 0 Å². The van der Waals surface area contributed by atoms with Crippen molar-refractivity contribution in [2.75, 3.05) is 20.2 Å². The molecule has 1 saturated heterocycles. The number of esters is 1. The van der Waals surface area contributed by atoms with Crippen LogP contribution >= 0.6 is 11.6 Å². The lowest BCUT2D eigenvalue weighted by Crippen LogP contribution is -2.54. The minimum Gasteiger partial charge on any atom is -0.465 e. The Hall–Kier alpha value is -2.62. The third kappa shape index (κ3) is 6.28. The predicted octanol–water partition coefficient (Wildman–Crippen LogP) is 3.90. The van der Waals surface area contributed by atoms with Crippen LogP contribution < -0.4 is 5.32 Å². The average Bonchev–Trinajstić information content (AvgIpc) is 2.82. The normalized spacial score (nSPS) is 16.5. The molecule has 1 heterocycles. The molecular weight excluding hydrogens is 478 g/mol. The lowest BCUT2D eigenvalue weighted by atomic mass is 10.1. The van der Waals surface area contributed by atoms with Crippen molar-refractivity contribution in [3.63, 3.8) is 0 Å². The van der Waals surface area contributed by atoms with Gasteiger partial charge in [-0.1, -0.05) is 23.7 Å². The van der Waals surface area contributed by atoms with E-state index in [1.54, 1.807) is 41.3 Å². The zero-order valence-corrected chi connectivity index (χ0v) is 21.1. The first-order chi connectivity index (χ1) is 16.1. The SMILES string of the molecule is COC(=O)c1ccc(CN(C2CCCN(C(=O)NC(C)C)C2)S(=O)(=O)c2ccc(Cl)cc2)cc1. The van der Waals surface area contributed by atoms with Gasteiger partial charge < -0.3 is 15.0 Å². The van der Waals surface area contributed by atoms with Gasteiger partial charge in [0.25, 0.3) is 0 Å². The number of sulfonamides is 1. The van der Waals surface area contributed by atoms with Crippen molar-refractivity contribution in [1.82, 2.24) is 14.5 Å². The van der Waals surface area contributed by atoms with E-state index in [4.69, 9.17) is 16.3 Å². The van der Waals surface area contributed by atoms with Crippen LogP contribution in [0.3, 0.4) is 0 Å². The van der Waals surface area contributed by atoms with Crippen LogP contribution in [0.25, 0.3) is 0 Å². The largest absolute Gasteiger partial charge is 0.465 e. The van der Waals surface area contributed by atoms with E-state index in [2.05, 4.69) is 5.32 Å². The van der Waals surface area contributed by atoms with Gasteiger partial charge in [0.1, 0.15) is 0 Å². The number of nitrogens with one attached hydrogen (secondary N) is 1. The number of rotatable bonds is 7. The molecule has 10 heteroatoms. The van der Waals surface area contributed by atoms with Crippen LogP contribution in [0, 0.1) is 0 Å². The Morgan fingerprint density at radius 3 is 2.38 bits per heavy atom. The molecular formula is C24H30ClN3O5S. The van der Waals surface area contributed by atoms with Gasteiger partial charge in [-0.05, 0) is 68.7 Å². The highest BCUT2D eigenvalue weighted by Gasteiger charge is 2.35. The topological polar surface area (TPSA) is 96.0 Å². The summed E-state index contributed by atoms with van der Waals surface area (Å²) in [5.41, 5.74) is 1.10. The van der Waals surface area contributed by atoms with Crippen LogP contribution in [0.4, 0.5) is 4.79 Å². The Morgan fingerprint density at radius 1 is 1.15 bits per heavy atom. The predicted molar refractivity (Wildman–Crippen MR) is 130 cm³/mol. The van der Waals surface area contributed by atoms with E-state index in [1.807, 2.05) is 13.8 Å². The first kappa shape index (κ1) is 26.0. The summed E-state index contributed by atoms with van der Waals surface area (Å²) in [7, 11) is -2.59. The van der Waals surface area contributed by atoms with Gasteiger partial charge in [-0.15, -0.1) is 0 Å². The number of carbonyl (C=O) groups is 2. The van der Waals surface area contributed by atoms with E-state index < -0.39 is 22.0 Å². The van der Waals surface area contributed by atoms with Crippen molar-refractivity contribution in [2.24, 2.45) is 0 Å². The molecule has 184 valence electrons. The van der Waals surface area contributed by atoms with Gasteiger partial charge >= 0.3 is 12.0 Å². The van der Waals surface area contributed by atoms with Gasteiger partial charge in [0, 0.05) is 36.7 Å². The molecule has 1 atom stereocenters. The number of likely N-dealkylation sites (tertiary alicyclic amines) is 1. The standard InChI is InChI=1S/C24H30ClN3O5S/c1-17(2)26-24(30)27-14-4-5-21(16-27)28(34(31,32)22-12-10-20(25)11-13-22)15-18-6-8-19(9-7-18)23(29)33-3/h6-13,17,21H,4-5,14-16H2,1-3H3,(H,26,30). The second kappa shape index (κ2) is 11.2. The molecule has 8 nitrogen and oxygen atoms in total. The summed E-state index contributed by atoms with van der Waals surface area (Å²) in [5.74, 6) is -0.462. The Kier molecular flexibility index (Phi) is 8.57. The van der Waals surface area contributed by atoms with Gasteiger partial charge in [0.2, 0.25) is 10.0 Å². The van der Waals surface area contributed by atoms with E-state index in [0.29, 0.717) is 35.5 Å². The van der Waals surface area contributed by atoms with Gasteiger partial charge in [0.15, 0.2) is 0 Å². The zero-order valence-electron chi connectivity index (χ0n) is 19.5. The summed E-state index contributed by atoms with van der Waals surface area (Å²) in [5, 5.41) is 3.32. The Bertz CT molecular complexity index is 1100. The molecule has 1 aliphatic heterocycles. The second-order valence-electron chi connectivity index (χ2n) is 8.54. The Balaban J connectivity index is 1.92. The molecule has 0 aromatic heterocycles. The molecule has 3 rings (SSSR count). The summed E-state index contributed by atoms with van der Waals surface area (Å²) in [6, 6.07) is 12.1. The first-order valence-corrected chi connectivity index (χ1v) is 12.9. The fourth-order valence-corrected chi connectivity index (χ4v) is 5.67. The third-order valence-corrected chi connectivity index (χ3v) is 7.80. The van der Waals surface area contributed by atoms with Gasteiger partial charge in [-0.25, -0.2) is 18.0 Å². The van der Waals surface area contributed by atoms with Crippen LogP contribution in [0.2, 0.25) is 5.02 Å². The van der Waals surface area contributed by atoms with Crippen LogP contribution in [-0.4, -0.2) is 61.9 Å². The molecule has 1 aliphatic rings. The lowest BCUT2D eigenvalue weighted by Gasteiger charge is -2.39. The third-order valence-electron chi connectivity index (χ3n) is 5.64. The maximum Gasteiger partial charge on any atom is 0.337 e. The summed E-state index contributed by atoms with van der Waals surface area (Å²) in [4.78, 5) is 26.2. The van der Waals surface area contributed by atoms with Crippen LogP contribution in [0.15, 0.2) is 53.4 Å². The smallest absolute Gasteiger partial charge is 0.337 e. The van der Waals surface area contributed by atoms with E-state index in [9.17, 15) is 18.0 Å². The van der Waals surface area contributed by atoms with Gasteiger partial charge in [-0.3, -0.25) is 0 Å². The number of hydrogen-bond donors (Lipinski definition) is 1. The Labute approximate surface area is 205 Å². The highest BCUT2D eigenvalue weighted by Crippen LogP contribution is 2.27. The molecule has 1 fully saturated rings. The monoisotopic (exact) mass is 507 g/mol. The minimum absolute atomic E-state index is 0.0184. The maximum atomic E-state index is 13.7. The molecule has 2 aromatic rings. The molecule has 0 aliphatic carbocycles. The van der Waals surface area contributed by atoms with Crippen molar-refractivity contribution in [2.45, 2.75) is 50.2 Å². The molecule has 0 radical (unpaired) electrons. The molecule has 0 saturated carbocycles. The quantitative estimate of drug-likeness (QED) is 0.573. The van der Waals surface area contributed by atoms with E-state index in [0.717, 1.165) is 0 Å². The van der Waals surface area contributed by atoms with Crippen LogP contribution in [0.1, 0.15) is 42.6 Å². The molecule has 2 aromatic carbocycles. The molecule has 0 spiro atoms. The number of methoxy groups -OCH3 is 1. The average molecular weight is 508 g/mol. The van der Waals surface area contributed by atoms with Crippen molar-refractivity contribution in [3.8, 4) is 0 Å². The van der Waals surface area contributed by atoms with E-state index in [-0.39, 0.29) is 30.1 Å². The Morgan fingerprint density at radius 2 is 1.79 bits per heavy atom. The molecule has 1 N–H and O–H groups in total. The van der Waals surface area contributed by atoms with Crippen molar-refractivity contribution in [3.05, 3.63) is 64.7 Å². The van der Waals surface area contributed by atoms with E-state index in [1.165, 1.54) is 23.5 Å². The van der Waals surface area contributed by atoms with Crippen molar-refractivity contribution < 1.29 is 22.7 Å². The van der Waals surface area contributed by atoms with Crippen LogP contribution in [0.5, 0.6) is 0 Å². The first-order valence-electron chi connectivity index (χ1n) is 11.1. The number of urea groups is 1. The summed E-state index contributed by atoms with van der Waals surface area (Å²) >= 11 is 5.97. The number of ether oxygens (including phenoxy) is 1. The lowest BCUT2D eigenvalue weighted by molar-refractivity contribution is 0.0600. The van der Waals surface area contributed by atoms with Gasteiger partial charge in [-0.2, -0.15) is 4.31 Å².